The lowest BCUT2D eigenvalue weighted by Crippen LogP contribution is -2.54. The van der Waals surface area contributed by atoms with Crippen molar-refractivity contribution in [3.63, 3.8) is 0 Å². The SMILES string of the molecule is CCC(O)(c1cc(F)c2c(c1)C(=O)N(Cc1ccc(Cl)cn1)[C@@]2(OC[C@@H](C)O)c1ccc(Cl)cc1)C1(F)CCN(C)CC1. The number of hydrogen-bond donors (Lipinski definition) is 2. The first kappa shape index (κ1) is 31.8. The lowest BCUT2D eigenvalue weighted by atomic mass is 9.71. The Morgan fingerprint density at radius 1 is 1.12 bits per heavy atom. The molecular weight excluding hydrogens is 599 g/mol. The second-order valence-corrected chi connectivity index (χ2v) is 12.4. The maximum atomic E-state index is 16.7. The van der Waals surface area contributed by atoms with E-state index < -0.39 is 34.8 Å². The third-order valence-corrected chi connectivity index (χ3v) is 9.15. The Morgan fingerprint density at radius 3 is 2.35 bits per heavy atom. The van der Waals surface area contributed by atoms with E-state index >= 15 is 8.78 Å². The summed E-state index contributed by atoms with van der Waals surface area (Å²) in [7, 11) is 1.88. The maximum absolute atomic E-state index is 16.7. The Kier molecular flexibility index (Phi) is 8.88. The highest BCUT2D eigenvalue weighted by molar-refractivity contribution is 6.30. The molecule has 3 atom stereocenters. The summed E-state index contributed by atoms with van der Waals surface area (Å²) in [5, 5.41) is 22.9. The lowest BCUT2D eigenvalue weighted by molar-refractivity contribution is -0.137. The Labute approximate surface area is 260 Å². The summed E-state index contributed by atoms with van der Waals surface area (Å²) in [6, 6.07) is 12.2. The Balaban J connectivity index is 1.73. The van der Waals surface area contributed by atoms with Crippen molar-refractivity contribution < 1.29 is 28.5 Å². The molecular formula is C32H35Cl2F2N3O4. The van der Waals surface area contributed by atoms with Crippen molar-refractivity contribution >= 4 is 29.1 Å². The summed E-state index contributed by atoms with van der Waals surface area (Å²) in [6.07, 6.45) is 0.566. The number of amides is 1. The summed E-state index contributed by atoms with van der Waals surface area (Å²) in [5.74, 6) is -1.46. The van der Waals surface area contributed by atoms with Crippen molar-refractivity contribution in [2.24, 2.45) is 0 Å². The molecule has 1 unspecified atom stereocenters. The molecule has 1 aromatic heterocycles. The third-order valence-electron chi connectivity index (χ3n) is 8.67. The molecule has 2 aliphatic heterocycles. The Morgan fingerprint density at radius 2 is 1.77 bits per heavy atom. The first-order valence-corrected chi connectivity index (χ1v) is 15.0. The van der Waals surface area contributed by atoms with Crippen molar-refractivity contribution in [1.29, 1.82) is 0 Å². The number of halogens is 4. The zero-order valence-electron chi connectivity index (χ0n) is 24.3. The van der Waals surface area contributed by atoms with Crippen LogP contribution < -0.4 is 0 Å². The van der Waals surface area contributed by atoms with Gasteiger partial charge in [0, 0.05) is 29.9 Å². The molecule has 2 N–H and O–H groups in total. The largest absolute Gasteiger partial charge is 0.391 e. The van der Waals surface area contributed by atoms with Crippen LogP contribution in [-0.4, -0.2) is 69.4 Å². The summed E-state index contributed by atoms with van der Waals surface area (Å²) in [4.78, 5) is 22.0. The summed E-state index contributed by atoms with van der Waals surface area (Å²) in [6.45, 7) is 3.66. The summed E-state index contributed by atoms with van der Waals surface area (Å²) in [5.41, 5.74) is -5.28. The second-order valence-electron chi connectivity index (χ2n) is 11.5. The van der Waals surface area contributed by atoms with Gasteiger partial charge in [0.1, 0.15) is 17.1 Å². The number of aromatic nitrogens is 1. The minimum absolute atomic E-state index is 0.0151. The van der Waals surface area contributed by atoms with E-state index in [0.717, 1.165) is 6.07 Å². The minimum atomic E-state index is -2.04. The van der Waals surface area contributed by atoms with E-state index in [1.165, 1.54) is 24.1 Å². The van der Waals surface area contributed by atoms with E-state index in [4.69, 9.17) is 27.9 Å². The number of fused-ring (bicyclic) bond motifs is 1. The molecule has 0 saturated carbocycles. The number of alkyl halides is 1. The second kappa shape index (κ2) is 12.0. The molecule has 43 heavy (non-hydrogen) atoms. The maximum Gasteiger partial charge on any atom is 0.257 e. The highest BCUT2D eigenvalue weighted by Crippen LogP contribution is 2.51. The van der Waals surface area contributed by atoms with E-state index in [0.29, 0.717) is 34.4 Å². The molecule has 5 rings (SSSR count). The van der Waals surface area contributed by atoms with Crippen molar-refractivity contribution in [2.45, 2.75) is 62.8 Å². The van der Waals surface area contributed by atoms with Gasteiger partial charge in [-0.05, 0) is 75.2 Å². The highest BCUT2D eigenvalue weighted by atomic mass is 35.5. The highest BCUT2D eigenvalue weighted by Gasteiger charge is 2.57. The summed E-state index contributed by atoms with van der Waals surface area (Å²) < 4.78 is 39.6. The van der Waals surface area contributed by atoms with Crippen LogP contribution in [0.25, 0.3) is 0 Å². The van der Waals surface area contributed by atoms with Gasteiger partial charge in [0.05, 0.1) is 41.1 Å². The van der Waals surface area contributed by atoms with E-state index in [9.17, 15) is 15.0 Å². The van der Waals surface area contributed by atoms with Gasteiger partial charge in [0.15, 0.2) is 5.72 Å². The van der Waals surface area contributed by atoms with Gasteiger partial charge in [0.2, 0.25) is 0 Å². The Bertz CT molecular complexity index is 1480. The molecule has 3 heterocycles. The third kappa shape index (κ3) is 5.56. The van der Waals surface area contributed by atoms with E-state index in [2.05, 4.69) is 4.98 Å². The molecule has 0 spiro atoms. The quantitative estimate of drug-likeness (QED) is 0.309. The number of benzene rings is 2. The fourth-order valence-electron chi connectivity index (χ4n) is 6.24. The average Bonchev–Trinajstić information content (AvgIpc) is 3.22. The van der Waals surface area contributed by atoms with Gasteiger partial charge in [-0.15, -0.1) is 0 Å². The van der Waals surface area contributed by atoms with Crippen LogP contribution in [0.15, 0.2) is 54.7 Å². The number of likely N-dealkylation sites (tertiary alicyclic amines) is 1. The van der Waals surface area contributed by atoms with Crippen molar-refractivity contribution in [2.75, 3.05) is 26.7 Å². The number of nitrogens with zero attached hydrogens (tertiary/aromatic N) is 3. The number of piperidine rings is 1. The van der Waals surface area contributed by atoms with Crippen LogP contribution in [0.5, 0.6) is 0 Å². The monoisotopic (exact) mass is 633 g/mol. The topological polar surface area (TPSA) is 86.1 Å². The minimum Gasteiger partial charge on any atom is -0.391 e. The van der Waals surface area contributed by atoms with Crippen molar-refractivity contribution in [3.05, 3.63) is 98.5 Å². The number of ether oxygens (including phenoxy) is 1. The van der Waals surface area contributed by atoms with E-state index in [-0.39, 0.29) is 49.1 Å². The van der Waals surface area contributed by atoms with Crippen LogP contribution in [0.2, 0.25) is 10.0 Å². The first-order valence-electron chi connectivity index (χ1n) is 14.3. The number of pyridine rings is 1. The number of aliphatic hydroxyl groups excluding tert-OH is 1. The molecule has 3 aromatic rings. The molecule has 0 aliphatic carbocycles. The summed E-state index contributed by atoms with van der Waals surface area (Å²) >= 11 is 12.2. The normalized spacial score (nSPS) is 22.3. The number of carbonyl (C=O) groups excluding carboxylic acids is 1. The smallest absolute Gasteiger partial charge is 0.257 e. The van der Waals surface area contributed by atoms with Gasteiger partial charge in [-0.1, -0.05) is 42.3 Å². The van der Waals surface area contributed by atoms with Crippen molar-refractivity contribution in [3.8, 4) is 0 Å². The van der Waals surface area contributed by atoms with Crippen LogP contribution >= 0.6 is 23.2 Å². The van der Waals surface area contributed by atoms with Crippen LogP contribution in [0.1, 0.15) is 65.9 Å². The zero-order valence-corrected chi connectivity index (χ0v) is 25.8. The first-order chi connectivity index (χ1) is 20.3. The lowest BCUT2D eigenvalue weighted by Gasteiger charge is -2.46. The number of hydrogen-bond acceptors (Lipinski definition) is 6. The van der Waals surface area contributed by atoms with Gasteiger partial charge >= 0.3 is 0 Å². The average molecular weight is 635 g/mol. The van der Waals surface area contributed by atoms with Gasteiger partial charge in [-0.25, -0.2) is 8.78 Å². The molecule has 11 heteroatoms. The van der Waals surface area contributed by atoms with Crippen LogP contribution in [0.3, 0.4) is 0 Å². The van der Waals surface area contributed by atoms with Gasteiger partial charge in [-0.3, -0.25) is 14.7 Å². The number of carbonyl (C=O) groups is 1. The predicted molar refractivity (Wildman–Crippen MR) is 160 cm³/mol. The molecule has 2 aliphatic rings. The van der Waals surface area contributed by atoms with Crippen LogP contribution in [-0.2, 0) is 22.6 Å². The molecule has 1 fully saturated rings. The van der Waals surface area contributed by atoms with Gasteiger partial charge in [-0.2, -0.15) is 0 Å². The molecule has 0 bridgehead atoms. The fraction of sp³-hybridized carbons (Fsp3) is 0.438. The van der Waals surface area contributed by atoms with Gasteiger partial charge in [0.25, 0.3) is 5.91 Å². The van der Waals surface area contributed by atoms with Crippen LogP contribution in [0, 0.1) is 5.82 Å². The van der Waals surface area contributed by atoms with E-state index in [1.54, 1.807) is 43.3 Å². The van der Waals surface area contributed by atoms with Crippen LogP contribution in [0.4, 0.5) is 8.78 Å². The molecule has 230 valence electrons. The molecule has 0 radical (unpaired) electrons. The number of aliphatic hydroxyl groups is 2. The molecule has 2 aromatic carbocycles. The number of rotatable bonds is 9. The van der Waals surface area contributed by atoms with Crippen molar-refractivity contribution in [1.82, 2.24) is 14.8 Å². The molecule has 1 amide bonds. The van der Waals surface area contributed by atoms with Gasteiger partial charge < -0.3 is 19.8 Å². The molecule has 1 saturated heterocycles. The Hall–Kier alpha value is -2.66. The molecule has 7 nitrogen and oxygen atoms in total. The zero-order chi connectivity index (χ0) is 31.2. The standard InChI is InChI=1S/C32H35Cl2F2N3O4/c1-4-31(42,30(36)11-13-38(3)14-12-30)22-15-26-28(27(35)16-22)32(43-19-20(2)40,21-5-7-23(33)8-6-21)39(29(26)41)18-25-10-9-24(34)17-37-25/h5-10,15-17,20,40,42H,4,11-14,18-19H2,1-3H3/t20-,31?,32-/m1/s1. The predicted octanol–water partition coefficient (Wildman–Crippen LogP) is 5.81. The van der Waals surface area contributed by atoms with E-state index in [1.807, 2.05) is 11.9 Å². The fourth-order valence-corrected chi connectivity index (χ4v) is 6.48.